The van der Waals surface area contributed by atoms with Gasteiger partial charge in [0.25, 0.3) is 0 Å². The first kappa shape index (κ1) is 14.0. The van der Waals surface area contributed by atoms with Crippen LogP contribution in [0.3, 0.4) is 0 Å². The summed E-state index contributed by atoms with van der Waals surface area (Å²) in [5, 5.41) is 0. The predicted molar refractivity (Wildman–Crippen MR) is 71.3 cm³/mol. The number of aryl methyl sites for hydroxylation is 1. The second kappa shape index (κ2) is 7.28. The molecule has 0 aliphatic carbocycles. The summed E-state index contributed by atoms with van der Waals surface area (Å²) in [4.78, 5) is 0. The van der Waals surface area contributed by atoms with Crippen LogP contribution < -0.4 is 0 Å². The maximum Gasteiger partial charge on any atom is -0.0219 e. The van der Waals surface area contributed by atoms with Crippen LogP contribution in [0.25, 0.3) is 6.08 Å². The summed E-state index contributed by atoms with van der Waals surface area (Å²) in [5.74, 6) is 0.615. The first-order chi connectivity index (χ1) is 7.19. The van der Waals surface area contributed by atoms with Crippen LogP contribution in [-0.4, -0.2) is 0 Å². The molecule has 0 atom stereocenters. The zero-order valence-electron chi connectivity index (χ0n) is 10.8. The molecule has 0 aromatic heterocycles. The number of hydrogen-bond donors (Lipinski definition) is 0. The molecule has 0 aliphatic rings. The topological polar surface area (TPSA) is 0 Å². The van der Waals surface area contributed by atoms with Gasteiger partial charge in [0.1, 0.15) is 0 Å². The molecule has 0 unspecified atom stereocenters. The SMILES string of the molecule is C=Cc1ccc(C(C)C)cc1CC.CC. The van der Waals surface area contributed by atoms with Gasteiger partial charge in [-0.25, -0.2) is 0 Å². The summed E-state index contributed by atoms with van der Waals surface area (Å²) in [6.45, 7) is 14.5. The molecule has 1 aromatic rings. The predicted octanol–water partition coefficient (Wildman–Crippen LogP) is 5.04. The van der Waals surface area contributed by atoms with E-state index < -0.39 is 0 Å². The highest BCUT2D eigenvalue weighted by molar-refractivity contribution is 5.53. The molecular weight excluding hydrogens is 180 g/mol. The van der Waals surface area contributed by atoms with E-state index in [1.54, 1.807) is 0 Å². The van der Waals surface area contributed by atoms with Gasteiger partial charge in [0.15, 0.2) is 0 Å². The van der Waals surface area contributed by atoms with Gasteiger partial charge >= 0.3 is 0 Å². The molecule has 84 valence electrons. The number of hydrogen-bond acceptors (Lipinski definition) is 0. The molecular formula is C15H24. The summed E-state index contributed by atoms with van der Waals surface area (Å²) >= 11 is 0. The quantitative estimate of drug-likeness (QED) is 0.647. The minimum Gasteiger partial charge on any atom is -0.0985 e. The van der Waals surface area contributed by atoms with Crippen LogP contribution in [-0.2, 0) is 6.42 Å². The highest BCUT2D eigenvalue weighted by atomic mass is 14.1. The highest BCUT2D eigenvalue weighted by Crippen LogP contribution is 2.19. The van der Waals surface area contributed by atoms with Crippen LogP contribution in [0.2, 0.25) is 0 Å². The Morgan fingerprint density at radius 3 is 2.27 bits per heavy atom. The molecule has 1 rings (SSSR count). The van der Waals surface area contributed by atoms with Gasteiger partial charge in [0, 0.05) is 0 Å². The van der Waals surface area contributed by atoms with Gasteiger partial charge < -0.3 is 0 Å². The van der Waals surface area contributed by atoms with Gasteiger partial charge in [-0.3, -0.25) is 0 Å². The Morgan fingerprint density at radius 1 is 1.27 bits per heavy atom. The van der Waals surface area contributed by atoms with Crippen molar-refractivity contribution < 1.29 is 0 Å². The average Bonchev–Trinajstić information content (AvgIpc) is 2.30. The van der Waals surface area contributed by atoms with Gasteiger partial charge in [-0.2, -0.15) is 0 Å². The molecule has 0 amide bonds. The molecule has 0 nitrogen and oxygen atoms in total. The summed E-state index contributed by atoms with van der Waals surface area (Å²) < 4.78 is 0. The van der Waals surface area contributed by atoms with Crippen LogP contribution in [0.4, 0.5) is 0 Å². The van der Waals surface area contributed by atoms with Crippen LogP contribution in [0, 0.1) is 0 Å². The summed E-state index contributed by atoms with van der Waals surface area (Å²) in [7, 11) is 0. The molecule has 0 saturated carbocycles. The van der Waals surface area contributed by atoms with Crippen molar-refractivity contribution in [1.82, 2.24) is 0 Å². The van der Waals surface area contributed by atoms with Crippen LogP contribution in [0.15, 0.2) is 24.8 Å². The summed E-state index contributed by atoms with van der Waals surface area (Å²) in [5.41, 5.74) is 4.09. The number of rotatable bonds is 3. The first-order valence-corrected chi connectivity index (χ1v) is 5.94. The van der Waals surface area contributed by atoms with E-state index in [0.717, 1.165) is 6.42 Å². The van der Waals surface area contributed by atoms with E-state index in [1.165, 1.54) is 16.7 Å². The van der Waals surface area contributed by atoms with Crippen LogP contribution in [0.1, 0.15) is 57.2 Å². The monoisotopic (exact) mass is 204 g/mol. The molecule has 0 spiro atoms. The van der Waals surface area contributed by atoms with Gasteiger partial charge in [0.2, 0.25) is 0 Å². The van der Waals surface area contributed by atoms with E-state index in [9.17, 15) is 0 Å². The lowest BCUT2D eigenvalue weighted by Gasteiger charge is -2.09. The maximum absolute atomic E-state index is 3.81. The third kappa shape index (κ3) is 3.91. The minimum atomic E-state index is 0.615. The molecule has 0 heterocycles. The van der Waals surface area contributed by atoms with Gasteiger partial charge in [0.05, 0.1) is 0 Å². The lowest BCUT2D eigenvalue weighted by molar-refractivity contribution is 0.862. The fourth-order valence-corrected chi connectivity index (χ4v) is 1.49. The minimum absolute atomic E-state index is 0.615. The van der Waals surface area contributed by atoms with E-state index >= 15 is 0 Å². The van der Waals surface area contributed by atoms with Crippen molar-refractivity contribution in [2.24, 2.45) is 0 Å². The Bertz CT molecular complexity index is 295. The Kier molecular flexibility index (Phi) is 6.77. The van der Waals surface area contributed by atoms with Gasteiger partial charge in [-0.15, -0.1) is 0 Å². The Labute approximate surface area is 95.0 Å². The van der Waals surface area contributed by atoms with Crippen LogP contribution in [0.5, 0.6) is 0 Å². The zero-order valence-corrected chi connectivity index (χ0v) is 10.8. The van der Waals surface area contributed by atoms with Crippen molar-refractivity contribution in [3.05, 3.63) is 41.5 Å². The van der Waals surface area contributed by atoms with E-state index in [0.29, 0.717) is 5.92 Å². The van der Waals surface area contributed by atoms with Crippen molar-refractivity contribution in [3.8, 4) is 0 Å². The molecule has 0 heteroatoms. The number of benzene rings is 1. The molecule has 0 radical (unpaired) electrons. The molecule has 0 saturated heterocycles. The first-order valence-electron chi connectivity index (χ1n) is 5.94. The van der Waals surface area contributed by atoms with E-state index in [4.69, 9.17) is 0 Å². The lowest BCUT2D eigenvalue weighted by Crippen LogP contribution is -1.92. The van der Waals surface area contributed by atoms with Crippen molar-refractivity contribution in [2.75, 3.05) is 0 Å². The van der Waals surface area contributed by atoms with Crippen LogP contribution >= 0.6 is 0 Å². The Balaban J connectivity index is 0.000000921. The normalized spacial score (nSPS) is 9.47. The Morgan fingerprint density at radius 2 is 1.87 bits per heavy atom. The lowest BCUT2D eigenvalue weighted by atomic mass is 9.96. The summed E-state index contributed by atoms with van der Waals surface area (Å²) in [6.07, 6.45) is 3.02. The van der Waals surface area contributed by atoms with Crippen molar-refractivity contribution >= 4 is 6.08 Å². The average molecular weight is 204 g/mol. The second-order valence-corrected chi connectivity index (χ2v) is 3.67. The van der Waals surface area contributed by atoms with E-state index in [2.05, 4.69) is 45.5 Å². The molecule has 0 bridgehead atoms. The van der Waals surface area contributed by atoms with Crippen molar-refractivity contribution in [2.45, 2.75) is 47.0 Å². The smallest absolute Gasteiger partial charge is 0.0219 e. The second-order valence-electron chi connectivity index (χ2n) is 3.67. The third-order valence-corrected chi connectivity index (χ3v) is 2.43. The Hall–Kier alpha value is -1.04. The van der Waals surface area contributed by atoms with E-state index in [1.807, 2.05) is 19.9 Å². The molecule has 1 aromatic carbocycles. The van der Waals surface area contributed by atoms with Gasteiger partial charge in [-0.05, 0) is 29.0 Å². The van der Waals surface area contributed by atoms with E-state index in [-0.39, 0.29) is 0 Å². The largest absolute Gasteiger partial charge is 0.0985 e. The maximum atomic E-state index is 3.81. The summed E-state index contributed by atoms with van der Waals surface area (Å²) in [6, 6.07) is 6.66. The molecule has 0 aliphatic heterocycles. The van der Waals surface area contributed by atoms with Crippen molar-refractivity contribution in [1.29, 1.82) is 0 Å². The van der Waals surface area contributed by atoms with Crippen molar-refractivity contribution in [3.63, 3.8) is 0 Å². The third-order valence-electron chi connectivity index (χ3n) is 2.43. The fraction of sp³-hybridized carbons (Fsp3) is 0.467. The highest BCUT2D eigenvalue weighted by Gasteiger charge is 2.02. The fourth-order valence-electron chi connectivity index (χ4n) is 1.49. The zero-order chi connectivity index (χ0) is 11.8. The standard InChI is InChI=1S/C13H18.C2H6/c1-5-11-7-8-13(10(3)4)9-12(11)6-2;1-2/h5,7-10H,1,6H2,2-4H3;1-2H3. The molecule has 0 fully saturated rings. The molecule has 0 N–H and O–H groups in total. The van der Waals surface area contributed by atoms with Gasteiger partial charge in [-0.1, -0.05) is 65.5 Å². The molecule has 15 heavy (non-hydrogen) atoms.